The topological polar surface area (TPSA) is 86.4 Å². The van der Waals surface area contributed by atoms with Gasteiger partial charge in [-0.2, -0.15) is 0 Å². The van der Waals surface area contributed by atoms with Crippen LogP contribution in [0.4, 0.5) is 11.6 Å². The summed E-state index contributed by atoms with van der Waals surface area (Å²) in [6.45, 7) is 4.33. The summed E-state index contributed by atoms with van der Waals surface area (Å²) in [5.41, 5.74) is 0.984. The molecule has 9 nitrogen and oxygen atoms in total. The normalized spacial score (nSPS) is 21.7. The van der Waals surface area contributed by atoms with Crippen LogP contribution in [0.1, 0.15) is 31.0 Å². The molecule has 0 bridgehead atoms. The van der Waals surface area contributed by atoms with Crippen molar-refractivity contribution in [2.45, 2.75) is 38.0 Å². The van der Waals surface area contributed by atoms with E-state index in [0.717, 1.165) is 69.3 Å². The highest BCUT2D eigenvalue weighted by atomic mass is 16.3. The molecule has 0 spiro atoms. The standard InChI is InChI=1S/C18H28N8O/c1-23(2)17-9-18(20-13-19-17)25-7-3-15(4-8-25)26-11-14(21-22-26)10-24-6-5-16(27)12-24/h9,11,13,15-16,27H,3-8,10,12H2,1-2H3/t16-/m0/s1. The Morgan fingerprint density at radius 1 is 1.15 bits per heavy atom. The number of hydrogen-bond acceptors (Lipinski definition) is 8. The molecule has 2 aromatic rings. The Morgan fingerprint density at radius 2 is 1.96 bits per heavy atom. The van der Waals surface area contributed by atoms with Crippen molar-refractivity contribution in [2.75, 3.05) is 50.1 Å². The molecule has 2 saturated heterocycles. The van der Waals surface area contributed by atoms with Gasteiger partial charge in [0.25, 0.3) is 0 Å². The van der Waals surface area contributed by atoms with Gasteiger partial charge in [0.05, 0.1) is 24.0 Å². The highest BCUT2D eigenvalue weighted by molar-refractivity contribution is 5.49. The van der Waals surface area contributed by atoms with Gasteiger partial charge in [-0.05, 0) is 19.3 Å². The van der Waals surface area contributed by atoms with E-state index in [1.54, 1.807) is 6.33 Å². The lowest BCUT2D eigenvalue weighted by atomic mass is 10.1. The van der Waals surface area contributed by atoms with Gasteiger partial charge in [0.15, 0.2) is 0 Å². The van der Waals surface area contributed by atoms with Gasteiger partial charge < -0.3 is 14.9 Å². The zero-order valence-corrected chi connectivity index (χ0v) is 16.1. The average Bonchev–Trinajstić information content (AvgIpc) is 3.31. The molecule has 9 heteroatoms. The Bertz CT molecular complexity index is 755. The number of piperidine rings is 1. The molecule has 0 unspecified atom stereocenters. The summed E-state index contributed by atoms with van der Waals surface area (Å²) in [6, 6.07) is 2.42. The van der Waals surface area contributed by atoms with Crippen molar-refractivity contribution >= 4 is 11.6 Å². The summed E-state index contributed by atoms with van der Waals surface area (Å²) in [4.78, 5) is 15.3. The van der Waals surface area contributed by atoms with E-state index in [9.17, 15) is 5.11 Å². The van der Waals surface area contributed by atoms with E-state index in [4.69, 9.17) is 0 Å². The largest absolute Gasteiger partial charge is 0.392 e. The fraction of sp³-hybridized carbons (Fsp3) is 0.667. The molecule has 1 atom stereocenters. The minimum Gasteiger partial charge on any atom is -0.392 e. The third-order valence-corrected chi connectivity index (χ3v) is 5.45. The van der Waals surface area contributed by atoms with Gasteiger partial charge in [-0.3, -0.25) is 4.90 Å². The number of nitrogens with zero attached hydrogens (tertiary/aromatic N) is 8. The maximum Gasteiger partial charge on any atom is 0.134 e. The number of likely N-dealkylation sites (tertiary alicyclic amines) is 1. The number of aliphatic hydroxyl groups is 1. The van der Waals surface area contributed by atoms with Crippen molar-refractivity contribution in [3.05, 3.63) is 24.3 Å². The quantitative estimate of drug-likeness (QED) is 0.814. The third kappa shape index (κ3) is 4.19. The van der Waals surface area contributed by atoms with E-state index >= 15 is 0 Å². The van der Waals surface area contributed by atoms with Crippen molar-refractivity contribution in [3.8, 4) is 0 Å². The van der Waals surface area contributed by atoms with Crippen molar-refractivity contribution < 1.29 is 5.11 Å². The molecule has 2 aliphatic heterocycles. The second kappa shape index (κ2) is 7.77. The molecular weight excluding hydrogens is 344 g/mol. The first kappa shape index (κ1) is 18.1. The minimum atomic E-state index is -0.195. The molecule has 2 aliphatic rings. The highest BCUT2D eigenvalue weighted by Crippen LogP contribution is 2.26. The molecular formula is C18H28N8O. The number of β-amino-alcohol motifs (C(OH)–C–C–N with tert-alkyl or cyclic N) is 1. The third-order valence-electron chi connectivity index (χ3n) is 5.45. The summed E-state index contributed by atoms with van der Waals surface area (Å²) in [5, 5.41) is 18.4. The van der Waals surface area contributed by atoms with Crippen LogP contribution in [0.15, 0.2) is 18.6 Å². The second-order valence-corrected chi connectivity index (χ2v) is 7.71. The first-order valence-electron chi connectivity index (χ1n) is 9.64. The van der Waals surface area contributed by atoms with Crippen LogP contribution in [-0.2, 0) is 6.54 Å². The number of aromatic nitrogens is 5. The Morgan fingerprint density at radius 3 is 2.67 bits per heavy atom. The van der Waals surface area contributed by atoms with E-state index in [0.29, 0.717) is 6.04 Å². The molecule has 2 aromatic heterocycles. The number of anilines is 2. The van der Waals surface area contributed by atoms with Crippen LogP contribution < -0.4 is 9.80 Å². The fourth-order valence-corrected chi connectivity index (χ4v) is 3.86. The van der Waals surface area contributed by atoms with Gasteiger partial charge in [0.1, 0.15) is 18.0 Å². The maximum absolute atomic E-state index is 9.65. The molecule has 0 aromatic carbocycles. The zero-order chi connectivity index (χ0) is 18.8. The Hall–Kier alpha value is -2.26. The van der Waals surface area contributed by atoms with Crippen molar-refractivity contribution in [1.82, 2.24) is 29.9 Å². The smallest absolute Gasteiger partial charge is 0.134 e. The molecule has 0 saturated carbocycles. The maximum atomic E-state index is 9.65. The Kier molecular flexibility index (Phi) is 5.22. The molecule has 4 heterocycles. The van der Waals surface area contributed by atoms with E-state index < -0.39 is 0 Å². The molecule has 1 N–H and O–H groups in total. The van der Waals surface area contributed by atoms with Gasteiger partial charge in [-0.1, -0.05) is 5.21 Å². The van der Waals surface area contributed by atoms with Crippen molar-refractivity contribution in [3.63, 3.8) is 0 Å². The summed E-state index contributed by atoms with van der Waals surface area (Å²) < 4.78 is 2.02. The van der Waals surface area contributed by atoms with Crippen LogP contribution in [0.2, 0.25) is 0 Å². The Labute approximate surface area is 159 Å². The number of hydrogen-bond donors (Lipinski definition) is 1. The number of rotatable bonds is 5. The SMILES string of the molecule is CN(C)c1cc(N2CCC(n3cc(CN4CC[C@H](O)C4)nn3)CC2)ncn1. The van der Waals surface area contributed by atoms with E-state index in [1.807, 2.05) is 29.7 Å². The lowest BCUT2D eigenvalue weighted by Gasteiger charge is -2.32. The summed E-state index contributed by atoms with van der Waals surface area (Å²) >= 11 is 0. The van der Waals surface area contributed by atoms with E-state index in [-0.39, 0.29) is 6.10 Å². The van der Waals surface area contributed by atoms with Crippen LogP contribution in [0.3, 0.4) is 0 Å². The molecule has 27 heavy (non-hydrogen) atoms. The molecule has 2 fully saturated rings. The molecule has 0 aliphatic carbocycles. The van der Waals surface area contributed by atoms with E-state index in [2.05, 4.69) is 36.3 Å². The fourth-order valence-electron chi connectivity index (χ4n) is 3.86. The first-order chi connectivity index (χ1) is 13.1. The number of aliphatic hydroxyl groups excluding tert-OH is 1. The van der Waals surface area contributed by atoms with E-state index in [1.165, 1.54) is 0 Å². The zero-order valence-electron chi connectivity index (χ0n) is 16.1. The lowest BCUT2D eigenvalue weighted by Crippen LogP contribution is -2.35. The van der Waals surface area contributed by atoms with Gasteiger partial charge >= 0.3 is 0 Å². The van der Waals surface area contributed by atoms with Crippen LogP contribution in [0.25, 0.3) is 0 Å². The summed E-state index contributed by atoms with van der Waals surface area (Å²) in [7, 11) is 3.98. The molecule has 146 valence electrons. The molecule has 4 rings (SSSR count). The second-order valence-electron chi connectivity index (χ2n) is 7.71. The predicted molar refractivity (Wildman–Crippen MR) is 103 cm³/mol. The molecule has 0 amide bonds. The van der Waals surface area contributed by atoms with Crippen LogP contribution in [0.5, 0.6) is 0 Å². The van der Waals surface area contributed by atoms with Crippen LogP contribution in [0, 0.1) is 0 Å². The van der Waals surface area contributed by atoms with Gasteiger partial charge in [-0.15, -0.1) is 5.10 Å². The Balaban J connectivity index is 1.33. The van der Waals surface area contributed by atoms with Crippen molar-refractivity contribution in [2.24, 2.45) is 0 Å². The molecule has 0 radical (unpaired) electrons. The first-order valence-corrected chi connectivity index (χ1v) is 9.64. The van der Waals surface area contributed by atoms with Crippen LogP contribution >= 0.6 is 0 Å². The summed E-state index contributed by atoms with van der Waals surface area (Å²) in [5.74, 6) is 1.91. The minimum absolute atomic E-state index is 0.195. The monoisotopic (exact) mass is 372 g/mol. The lowest BCUT2D eigenvalue weighted by molar-refractivity contribution is 0.174. The highest BCUT2D eigenvalue weighted by Gasteiger charge is 2.24. The van der Waals surface area contributed by atoms with Gasteiger partial charge in [0, 0.05) is 52.9 Å². The van der Waals surface area contributed by atoms with Crippen LogP contribution in [-0.4, -0.2) is 81.3 Å². The average molecular weight is 372 g/mol. The van der Waals surface area contributed by atoms with Crippen molar-refractivity contribution in [1.29, 1.82) is 0 Å². The predicted octanol–water partition coefficient (Wildman–Crippen LogP) is 0.542. The van der Waals surface area contributed by atoms with Gasteiger partial charge in [-0.25, -0.2) is 14.6 Å². The van der Waals surface area contributed by atoms with Gasteiger partial charge in [0.2, 0.25) is 0 Å². The summed E-state index contributed by atoms with van der Waals surface area (Å²) in [6.07, 6.45) is 6.40.